The van der Waals surface area contributed by atoms with Crippen LogP contribution in [0.4, 0.5) is 11.4 Å². The first-order valence-corrected chi connectivity index (χ1v) is 12.6. The number of halogens is 1. The van der Waals surface area contributed by atoms with Gasteiger partial charge in [0.25, 0.3) is 11.8 Å². The van der Waals surface area contributed by atoms with Gasteiger partial charge in [0.1, 0.15) is 11.6 Å². The third-order valence-electron chi connectivity index (χ3n) is 5.80. The van der Waals surface area contributed by atoms with Gasteiger partial charge in [-0.2, -0.15) is 5.26 Å². The lowest BCUT2D eigenvalue weighted by atomic mass is 10.1. The van der Waals surface area contributed by atoms with Gasteiger partial charge < -0.3 is 24.8 Å². The Morgan fingerprint density at radius 1 is 1.02 bits per heavy atom. The highest BCUT2D eigenvalue weighted by Crippen LogP contribution is 2.37. The first-order valence-electron chi connectivity index (χ1n) is 12.2. The van der Waals surface area contributed by atoms with Crippen molar-refractivity contribution in [3.05, 3.63) is 87.4 Å². The summed E-state index contributed by atoms with van der Waals surface area (Å²) in [6.45, 7) is 5.60. The summed E-state index contributed by atoms with van der Waals surface area (Å²) in [4.78, 5) is 36.9. The topological polar surface area (TPSA) is 127 Å². The van der Waals surface area contributed by atoms with Crippen molar-refractivity contribution in [2.45, 2.75) is 20.8 Å². The van der Waals surface area contributed by atoms with Gasteiger partial charge in [-0.3, -0.25) is 9.59 Å². The van der Waals surface area contributed by atoms with Gasteiger partial charge in [-0.25, -0.2) is 4.79 Å². The SMILES string of the molecule is CCOc1cc(/C=C(/C#N)C(=O)Nc2ccc(C(=O)OC)cc2)cc(Cl)c1OCC(=O)Nc1cccc(C)c1C. The number of carbonyl (C=O) groups is 3. The highest BCUT2D eigenvalue weighted by molar-refractivity contribution is 6.32. The minimum absolute atomic E-state index is 0.132. The van der Waals surface area contributed by atoms with E-state index in [9.17, 15) is 19.6 Å². The monoisotopic (exact) mass is 561 g/mol. The molecular weight excluding hydrogens is 534 g/mol. The second kappa shape index (κ2) is 13.8. The van der Waals surface area contributed by atoms with E-state index < -0.39 is 11.9 Å². The summed E-state index contributed by atoms with van der Waals surface area (Å²) < 4.78 is 16.0. The van der Waals surface area contributed by atoms with Crippen LogP contribution >= 0.6 is 11.6 Å². The average Bonchev–Trinajstić information content (AvgIpc) is 2.93. The van der Waals surface area contributed by atoms with E-state index in [4.69, 9.17) is 21.1 Å². The Labute approximate surface area is 237 Å². The molecule has 0 heterocycles. The van der Waals surface area contributed by atoms with Crippen molar-refractivity contribution in [1.29, 1.82) is 5.26 Å². The van der Waals surface area contributed by atoms with Crippen molar-refractivity contribution in [1.82, 2.24) is 0 Å². The summed E-state index contributed by atoms with van der Waals surface area (Å²) in [5, 5.41) is 15.2. The van der Waals surface area contributed by atoms with Crippen LogP contribution in [0.3, 0.4) is 0 Å². The third-order valence-corrected chi connectivity index (χ3v) is 6.08. The predicted octanol–water partition coefficient (Wildman–Crippen LogP) is 5.71. The number of amides is 2. The van der Waals surface area contributed by atoms with Crippen LogP contribution in [0, 0.1) is 25.2 Å². The first-order chi connectivity index (χ1) is 19.2. The summed E-state index contributed by atoms with van der Waals surface area (Å²) >= 11 is 6.46. The highest BCUT2D eigenvalue weighted by atomic mass is 35.5. The molecule has 0 saturated carbocycles. The van der Waals surface area contributed by atoms with Gasteiger partial charge in [0.15, 0.2) is 18.1 Å². The van der Waals surface area contributed by atoms with E-state index >= 15 is 0 Å². The number of hydrogen-bond donors (Lipinski definition) is 2. The number of esters is 1. The van der Waals surface area contributed by atoms with Gasteiger partial charge in [0.05, 0.1) is 24.3 Å². The van der Waals surface area contributed by atoms with Crippen LogP contribution in [0.1, 0.15) is 34.0 Å². The molecule has 2 amide bonds. The number of carbonyl (C=O) groups excluding carboxylic acids is 3. The molecular formula is C30H28ClN3O6. The predicted molar refractivity (Wildman–Crippen MR) is 153 cm³/mol. The van der Waals surface area contributed by atoms with E-state index in [1.807, 2.05) is 32.0 Å². The zero-order valence-electron chi connectivity index (χ0n) is 22.5. The van der Waals surface area contributed by atoms with E-state index in [0.717, 1.165) is 11.1 Å². The molecule has 0 saturated heterocycles. The zero-order chi connectivity index (χ0) is 29.2. The zero-order valence-corrected chi connectivity index (χ0v) is 23.2. The maximum atomic E-state index is 12.7. The second-order valence-electron chi connectivity index (χ2n) is 8.54. The highest BCUT2D eigenvalue weighted by Gasteiger charge is 2.17. The maximum Gasteiger partial charge on any atom is 0.337 e. The van der Waals surface area contributed by atoms with Crippen molar-refractivity contribution in [2.24, 2.45) is 0 Å². The Hall–Kier alpha value is -4.81. The fraction of sp³-hybridized carbons (Fsp3) is 0.200. The Bertz CT molecular complexity index is 1490. The van der Waals surface area contributed by atoms with Gasteiger partial charge in [-0.15, -0.1) is 0 Å². The summed E-state index contributed by atoms with van der Waals surface area (Å²) in [6, 6.07) is 16.6. The lowest BCUT2D eigenvalue weighted by Gasteiger charge is -2.15. The number of ether oxygens (including phenoxy) is 3. The largest absolute Gasteiger partial charge is 0.490 e. The smallest absolute Gasteiger partial charge is 0.337 e. The van der Waals surface area contributed by atoms with Crippen molar-refractivity contribution < 1.29 is 28.6 Å². The van der Waals surface area contributed by atoms with Gasteiger partial charge in [-0.05, 0) is 86.0 Å². The Morgan fingerprint density at radius 2 is 1.75 bits per heavy atom. The molecule has 40 heavy (non-hydrogen) atoms. The second-order valence-corrected chi connectivity index (χ2v) is 8.95. The molecule has 0 spiro atoms. The van der Waals surface area contributed by atoms with E-state index in [-0.39, 0.29) is 41.2 Å². The Kier molecular flexibility index (Phi) is 10.3. The molecule has 0 fully saturated rings. The molecule has 3 aromatic rings. The van der Waals surface area contributed by atoms with Crippen LogP contribution in [0.25, 0.3) is 6.08 Å². The molecule has 3 aromatic carbocycles. The quantitative estimate of drug-likeness (QED) is 0.184. The third kappa shape index (κ3) is 7.62. The lowest BCUT2D eigenvalue weighted by Crippen LogP contribution is -2.21. The van der Waals surface area contributed by atoms with Crippen LogP contribution < -0.4 is 20.1 Å². The number of nitrogens with zero attached hydrogens (tertiary/aromatic N) is 1. The van der Waals surface area contributed by atoms with Crippen LogP contribution in [-0.4, -0.2) is 38.1 Å². The Balaban J connectivity index is 1.76. The minimum Gasteiger partial charge on any atom is -0.490 e. The molecule has 0 aliphatic heterocycles. The summed E-state index contributed by atoms with van der Waals surface area (Å²) in [5.74, 6) is -1.14. The van der Waals surface area contributed by atoms with Crippen molar-refractivity contribution in [3.63, 3.8) is 0 Å². The number of methoxy groups -OCH3 is 1. The Morgan fingerprint density at radius 3 is 2.40 bits per heavy atom. The van der Waals surface area contributed by atoms with Gasteiger partial charge in [0.2, 0.25) is 0 Å². The van der Waals surface area contributed by atoms with E-state index in [1.165, 1.54) is 43.5 Å². The lowest BCUT2D eigenvalue weighted by molar-refractivity contribution is -0.118. The number of rotatable bonds is 10. The van der Waals surface area contributed by atoms with Crippen LogP contribution in [0.2, 0.25) is 5.02 Å². The van der Waals surface area contributed by atoms with Crippen molar-refractivity contribution >= 4 is 46.8 Å². The number of aryl methyl sites for hydroxylation is 1. The van der Waals surface area contributed by atoms with Crippen LogP contribution in [0.5, 0.6) is 11.5 Å². The molecule has 2 N–H and O–H groups in total. The molecule has 9 nitrogen and oxygen atoms in total. The molecule has 0 bridgehead atoms. The summed E-state index contributed by atoms with van der Waals surface area (Å²) in [7, 11) is 1.27. The molecule has 0 aliphatic carbocycles. The van der Waals surface area contributed by atoms with Crippen LogP contribution in [0.15, 0.2) is 60.2 Å². The van der Waals surface area contributed by atoms with E-state index in [2.05, 4.69) is 15.4 Å². The summed E-state index contributed by atoms with van der Waals surface area (Å²) in [6.07, 6.45) is 1.35. The normalized spacial score (nSPS) is 10.8. The number of nitriles is 1. The molecule has 0 radical (unpaired) electrons. The van der Waals surface area contributed by atoms with E-state index in [0.29, 0.717) is 22.5 Å². The maximum absolute atomic E-state index is 12.7. The molecule has 0 unspecified atom stereocenters. The number of nitrogens with one attached hydrogen (secondary N) is 2. The number of benzene rings is 3. The van der Waals surface area contributed by atoms with Gasteiger partial charge >= 0.3 is 5.97 Å². The average molecular weight is 562 g/mol. The fourth-order valence-electron chi connectivity index (χ4n) is 3.61. The number of hydrogen-bond acceptors (Lipinski definition) is 7. The van der Waals surface area contributed by atoms with Crippen molar-refractivity contribution in [3.8, 4) is 17.6 Å². The summed E-state index contributed by atoms with van der Waals surface area (Å²) in [5.41, 5.74) is 3.60. The molecule has 10 heteroatoms. The molecule has 0 aromatic heterocycles. The molecule has 0 atom stereocenters. The first kappa shape index (κ1) is 29.7. The minimum atomic E-state index is -0.661. The molecule has 206 valence electrons. The van der Waals surface area contributed by atoms with E-state index in [1.54, 1.807) is 19.1 Å². The van der Waals surface area contributed by atoms with Gasteiger partial charge in [0, 0.05) is 11.4 Å². The van der Waals surface area contributed by atoms with Gasteiger partial charge in [-0.1, -0.05) is 23.7 Å². The number of anilines is 2. The molecule has 0 aliphatic rings. The standard InChI is InChI=1S/C30H28ClN3O6/c1-5-39-26-15-20(13-22(16-32)29(36)33-23-11-9-21(10-12-23)30(37)38-4)14-24(31)28(26)40-17-27(35)34-25-8-6-7-18(2)19(25)3/h6-15H,5,17H2,1-4H3,(H,33,36)(H,34,35)/b22-13-. The molecule has 3 rings (SSSR count). The van der Waals surface area contributed by atoms with Crippen LogP contribution in [-0.2, 0) is 14.3 Å². The fourth-order valence-corrected chi connectivity index (χ4v) is 3.88. The van der Waals surface area contributed by atoms with Crippen molar-refractivity contribution in [2.75, 3.05) is 31.0 Å².